The number of rotatable bonds is 4. The third kappa shape index (κ3) is 3.09. The van der Waals surface area contributed by atoms with Gasteiger partial charge < -0.3 is 4.57 Å². The van der Waals surface area contributed by atoms with Crippen LogP contribution in [0.1, 0.15) is 63.5 Å². The smallest absolute Gasteiger partial charge is 0.143 e. The first kappa shape index (κ1) is 13.1. The summed E-state index contributed by atoms with van der Waals surface area (Å²) in [6.07, 6.45) is 6.67. The van der Waals surface area contributed by atoms with Crippen LogP contribution in [0.15, 0.2) is 0 Å². The highest BCUT2D eigenvalue weighted by atomic mass is 79.9. The Bertz CT molecular complexity index is 354. The fraction of sp³-hybridized carbons (Fsp3) is 0.846. The Morgan fingerprint density at radius 3 is 2.53 bits per heavy atom. The molecule has 1 aromatic rings. The minimum Gasteiger partial charge on any atom is -0.314 e. The fourth-order valence-corrected chi connectivity index (χ4v) is 3.09. The Hall–Kier alpha value is -0.380. The molecule has 1 saturated carbocycles. The summed E-state index contributed by atoms with van der Waals surface area (Å²) in [7, 11) is 0. The molecular weight excluding hydrogens is 278 g/mol. The molecule has 1 aliphatic rings. The van der Waals surface area contributed by atoms with Crippen LogP contribution in [-0.2, 0) is 11.9 Å². The van der Waals surface area contributed by atoms with Crippen LogP contribution >= 0.6 is 15.9 Å². The zero-order valence-electron chi connectivity index (χ0n) is 10.8. The van der Waals surface area contributed by atoms with Crippen molar-refractivity contribution < 1.29 is 0 Å². The number of hydrogen-bond acceptors (Lipinski definition) is 2. The molecule has 2 rings (SSSR count). The summed E-state index contributed by atoms with van der Waals surface area (Å²) in [6.45, 7) is 5.55. The van der Waals surface area contributed by atoms with Crippen LogP contribution in [0.3, 0.4) is 0 Å². The van der Waals surface area contributed by atoms with Gasteiger partial charge in [0, 0.05) is 12.5 Å². The Morgan fingerprint density at radius 2 is 1.94 bits per heavy atom. The van der Waals surface area contributed by atoms with Crippen molar-refractivity contribution in [1.82, 2.24) is 14.8 Å². The van der Waals surface area contributed by atoms with E-state index in [-0.39, 0.29) is 0 Å². The van der Waals surface area contributed by atoms with Gasteiger partial charge >= 0.3 is 0 Å². The van der Waals surface area contributed by atoms with Crippen LogP contribution in [0, 0.1) is 5.92 Å². The minimum absolute atomic E-state index is 0.641. The first-order valence-corrected chi connectivity index (χ1v) is 7.82. The maximum Gasteiger partial charge on any atom is 0.143 e. The Kier molecular flexibility index (Phi) is 4.60. The van der Waals surface area contributed by atoms with Gasteiger partial charge in [-0.1, -0.05) is 49.0 Å². The lowest BCUT2D eigenvalue weighted by molar-refractivity contribution is 0.400. The van der Waals surface area contributed by atoms with Crippen molar-refractivity contribution in [1.29, 1.82) is 0 Å². The highest BCUT2D eigenvalue weighted by Gasteiger charge is 2.23. The predicted octanol–water partition coefficient (Wildman–Crippen LogP) is 3.88. The van der Waals surface area contributed by atoms with Gasteiger partial charge in [0.2, 0.25) is 0 Å². The Balaban J connectivity index is 2.22. The van der Waals surface area contributed by atoms with Crippen LogP contribution in [0.25, 0.3) is 0 Å². The number of aromatic nitrogens is 3. The van der Waals surface area contributed by atoms with Gasteiger partial charge in [-0.2, -0.15) is 0 Å². The van der Waals surface area contributed by atoms with E-state index in [0.717, 1.165) is 17.7 Å². The van der Waals surface area contributed by atoms with Gasteiger partial charge in [-0.15, -0.1) is 10.2 Å². The van der Waals surface area contributed by atoms with Gasteiger partial charge in [0.05, 0.1) is 5.33 Å². The average Bonchev–Trinajstić information content (AvgIpc) is 2.72. The van der Waals surface area contributed by atoms with Crippen molar-refractivity contribution in [3.63, 3.8) is 0 Å². The highest BCUT2D eigenvalue weighted by Crippen LogP contribution is 2.32. The third-order valence-electron chi connectivity index (χ3n) is 3.49. The Morgan fingerprint density at radius 1 is 1.24 bits per heavy atom. The zero-order chi connectivity index (χ0) is 12.3. The molecule has 0 aromatic carbocycles. The van der Waals surface area contributed by atoms with Crippen LogP contribution in [0.5, 0.6) is 0 Å². The number of hydrogen-bond donors (Lipinski definition) is 0. The molecule has 0 unspecified atom stereocenters. The SMILES string of the molecule is CC(C)Cn1c(CBr)nnc1C1CCCCC1. The van der Waals surface area contributed by atoms with E-state index in [1.54, 1.807) is 0 Å². The molecule has 0 atom stereocenters. The van der Waals surface area contributed by atoms with E-state index in [1.165, 1.54) is 37.9 Å². The number of nitrogens with zero attached hydrogens (tertiary/aromatic N) is 3. The molecule has 0 amide bonds. The van der Waals surface area contributed by atoms with Crippen LogP contribution in [0.4, 0.5) is 0 Å². The molecule has 4 heteroatoms. The summed E-state index contributed by atoms with van der Waals surface area (Å²) >= 11 is 3.51. The molecule has 17 heavy (non-hydrogen) atoms. The largest absolute Gasteiger partial charge is 0.314 e. The summed E-state index contributed by atoms with van der Waals surface area (Å²) < 4.78 is 2.34. The summed E-state index contributed by atoms with van der Waals surface area (Å²) in [4.78, 5) is 0. The van der Waals surface area contributed by atoms with E-state index in [9.17, 15) is 0 Å². The van der Waals surface area contributed by atoms with Crippen LogP contribution in [0.2, 0.25) is 0 Å². The topological polar surface area (TPSA) is 30.7 Å². The number of halogens is 1. The quantitative estimate of drug-likeness (QED) is 0.790. The second-order valence-electron chi connectivity index (χ2n) is 5.45. The molecule has 0 saturated heterocycles. The molecule has 0 aliphatic heterocycles. The van der Waals surface area contributed by atoms with Gasteiger partial charge in [0.15, 0.2) is 0 Å². The molecule has 0 N–H and O–H groups in total. The van der Waals surface area contributed by atoms with E-state index in [2.05, 4.69) is 44.5 Å². The third-order valence-corrected chi connectivity index (χ3v) is 4.00. The highest BCUT2D eigenvalue weighted by molar-refractivity contribution is 9.08. The lowest BCUT2D eigenvalue weighted by Gasteiger charge is -2.22. The van der Waals surface area contributed by atoms with Crippen molar-refractivity contribution in [3.8, 4) is 0 Å². The first-order valence-electron chi connectivity index (χ1n) is 6.70. The lowest BCUT2D eigenvalue weighted by Crippen LogP contribution is -2.16. The molecular formula is C13H22BrN3. The van der Waals surface area contributed by atoms with E-state index < -0.39 is 0 Å². The monoisotopic (exact) mass is 299 g/mol. The summed E-state index contributed by atoms with van der Waals surface area (Å²) in [5.74, 6) is 3.60. The summed E-state index contributed by atoms with van der Waals surface area (Å²) in [5.41, 5.74) is 0. The molecule has 1 aliphatic carbocycles. The minimum atomic E-state index is 0.641. The van der Waals surface area contributed by atoms with E-state index in [0.29, 0.717) is 11.8 Å². The fourth-order valence-electron chi connectivity index (χ4n) is 2.67. The van der Waals surface area contributed by atoms with Gasteiger partial charge in [-0.05, 0) is 18.8 Å². The van der Waals surface area contributed by atoms with Gasteiger partial charge in [0.1, 0.15) is 11.6 Å². The Labute approximate surface area is 112 Å². The maximum absolute atomic E-state index is 4.45. The van der Waals surface area contributed by atoms with E-state index >= 15 is 0 Å². The molecule has 0 radical (unpaired) electrons. The normalized spacial score (nSPS) is 17.9. The van der Waals surface area contributed by atoms with Crippen molar-refractivity contribution in [2.75, 3.05) is 0 Å². The molecule has 3 nitrogen and oxygen atoms in total. The first-order chi connectivity index (χ1) is 8.22. The molecule has 96 valence electrons. The molecule has 1 aromatic heterocycles. The maximum atomic E-state index is 4.45. The predicted molar refractivity (Wildman–Crippen MR) is 73.3 cm³/mol. The van der Waals surface area contributed by atoms with Gasteiger partial charge in [0.25, 0.3) is 0 Å². The lowest BCUT2D eigenvalue weighted by atomic mass is 9.88. The summed E-state index contributed by atoms with van der Waals surface area (Å²) in [5, 5.41) is 9.58. The molecule has 1 heterocycles. The molecule has 0 spiro atoms. The summed E-state index contributed by atoms with van der Waals surface area (Å²) in [6, 6.07) is 0. The van der Waals surface area contributed by atoms with E-state index in [4.69, 9.17) is 0 Å². The van der Waals surface area contributed by atoms with Crippen molar-refractivity contribution in [2.45, 2.75) is 63.7 Å². The standard InChI is InChI=1S/C13H22BrN3/c1-10(2)9-17-12(8-14)15-16-13(17)11-6-4-3-5-7-11/h10-11H,3-9H2,1-2H3. The van der Waals surface area contributed by atoms with E-state index in [1.807, 2.05) is 0 Å². The van der Waals surface area contributed by atoms with Gasteiger partial charge in [-0.3, -0.25) is 0 Å². The molecule has 0 bridgehead atoms. The van der Waals surface area contributed by atoms with Crippen molar-refractivity contribution >= 4 is 15.9 Å². The van der Waals surface area contributed by atoms with Crippen molar-refractivity contribution in [2.24, 2.45) is 5.92 Å². The zero-order valence-corrected chi connectivity index (χ0v) is 12.4. The van der Waals surface area contributed by atoms with Crippen molar-refractivity contribution in [3.05, 3.63) is 11.6 Å². The average molecular weight is 300 g/mol. The number of alkyl halides is 1. The van der Waals surface area contributed by atoms with Crippen LogP contribution < -0.4 is 0 Å². The second kappa shape index (κ2) is 5.98. The van der Waals surface area contributed by atoms with Gasteiger partial charge in [-0.25, -0.2) is 0 Å². The van der Waals surface area contributed by atoms with Crippen LogP contribution in [-0.4, -0.2) is 14.8 Å². The second-order valence-corrected chi connectivity index (χ2v) is 6.01. The molecule has 1 fully saturated rings.